The molecule has 21 heavy (non-hydrogen) atoms. The van der Waals surface area contributed by atoms with E-state index in [0.717, 1.165) is 16.7 Å². The van der Waals surface area contributed by atoms with Crippen molar-refractivity contribution in [3.8, 4) is 0 Å². The van der Waals surface area contributed by atoms with Crippen LogP contribution in [0.1, 0.15) is 13.8 Å². The second-order valence-corrected chi connectivity index (χ2v) is 6.27. The number of ketones is 2. The molecule has 0 bridgehead atoms. The molecule has 3 nitrogen and oxygen atoms in total. The van der Waals surface area contributed by atoms with Crippen LogP contribution in [-0.4, -0.2) is 16.7 Å². The zero-order valence-corrected chi connectivity index (χ0v) is 11.8. The van der Waals surface area contributed by atoms with Crippen LogP contribution in [0.4, 0.5) is 0 Å². The zero-order chi connectivity index (χ0) is 15.0. The van der Waals surface area contributed by atoms with Gasteiger partial charge in [0.2, 0.25) is 0 Å². The van der Waals surface area contributed by atoms with Crippen molar-refractivity contribution in [3.05, 3.63) is 70.6 Å². The Morgan fingerprint density at radius 1 is 0.762 bits per heavy atom. The van der Waals surface area contributed by atoms with E-state index in [4.69, 9.17) is 0 Å². The lowest BCUT2D eigenvalue weighted by Crippen LogP contribution is -2.49. The molecule has 104 valence electrons. The molecule has 4 rings (SSSR count). The standard InChI is InChI=1S/C18H14O3/c1-17-10-3-4-11-6-14(20)9-15(18(11,17)2)16(21)8-12(17)7-13(19)5-10/h3-9,21H,1-2H3. The second kappa shape index (κ2) is 3.42. The summed E-state index contributed by atoms with van der Waals surface area (Å²) in [6.07, 6.45) is 11.8. The Labute approximate surface area is 122 Å². The molecule has 0 fully saturated rings. The summed E-state index contributed by atoms with van der Waals surface area (Å²) in [7, 11) is 0. The molecule has 0 amide bonds. The largest absolute Gasteiger partial charge is 0.508 e. The average Bonchev–Trinajstić information content (AvgIpc) is 2.40. The summed E-state index contributed by atoms with van der Waals surface area (Å²) < 4.78 is 0. The van der Waals surface area contributed by atoms with Gasteiger partial charge < -0.3 is 5.11 Å². The van der Waals surface area contributed by atoms with Gasteiger partial charge in [-0.3, -0.25) is 9.59 Å². The van der Waals surface area contributed by atoms with E-state index in [1.54, 1.807) is 24.3 Å². The number of carbonyl (C=O) groups is 2. The van der Waals surface area contributed by atoms with Crippen molar-refractivity contribution in [1.29, 1.82) is 0 Å². The van der Waals surface area contributed by atoms with Gasteiger partial charge in [0.05, 0.1) is 0 Å². The molecule has 1 N–H and O–H groups in total. The highest BCUT2D eigenvalue weighted by Crippen LogP contribution is 2.65. The maximum atomic E-state index is 11.9. The van der Waals surface area contributed by atoms with E-state index in [9.17, 15) is 14.7 Å². The Balaban J connectivity index is 2.17. The van der Waals surface area contributed by atoms with Crippen LogP contribution >= 0.6 is 0 Å². The fourth-order valence-electron chi connectivity index (χ4n) is 4.07. The third-order valence-electron chi connectivity index (χ3n) is 5.46. The van der Waals surface area contributed by atoms with E-state index in [0.29, 0.717) is 5.57 Å². The van der Waals surface area contributed by atoms with Gasteiger partial charge in [-0.1, -0.05) is 26.0 Å². The van der Waals surface area contributed by atoms with E-state index in [1.807, 2.05) is 19.1 Å². The van der Waals surface area contributed by atoms with Gasteiger partial charge in [-0.05, 0) is 47.1 Å². The molecule has 4 aliphatic carbocycles. The number of carbonyl (C=O) groups excluding carboxylic acids is 2. The highest BCUT2D eigenvalue weighted by Gasteiger charge is 2.58. The van der Waals surface area contributed by atoms with Crippen LogP contribution < -0.4 is 0 Å². The first-order valence-corrected chi connectivity index (χ1v) is 6.93. The number of hydrogen-bond acceptors (Lipinski definition) is 3. The van der Waals surface area contributed by atoms with Crippen molar-refractivity contribution < 1.29 is 14.7 Å². The lowest BCUT2D eigenvalue weighted by atomic mass is 9.46. The van der Waals surface area contributed by atoms with Gasteiger partial charge in [-0.25, -0.2) is 0 Å². The Hall–Kier alpha value is -2.42. The van der Waals surface area contributed by atoms with Crippen molar-refractivity contribution in [2.45, 2.75) is 13.8 Å². The van der Waals surface area contributed by atoms with Crippen LogP contribution in [-0.2, 0) is 9.59 Å². The molecule has 0 saturated heterocycles. The van der Waals surface area contributed by atoms with Crippen LogP contribution in [0.3, 0.4) is 0 Å². The molecule has 0 heterocycles. The highest BCUT2D eigenvalue weighted by molar-refractivity contribution is 6.06. The normalized spacial score (nSPS) is 36.2. The van der Waals surface area contributed by atoms with Gasteiger partial charge in [0.1, 0.15) is 5.76 Å². The van der Waals surface area contributed by atoms with Gasteiger partial charge >= 0.3 is 0 Å². The minimum absolute atomic E-state index is 0.0680. The van der Waals surface area contributed by atoms with Crippen molar-refractivity contribution in [3.63, 3.8) is 0 Å². The quantitative estimate of drug-likeness (QED) is 0.741. The van der Waals surface area contributed by atoms with Crippen LogP contribution in [0.5, 0.6) is 0 Å². The Morgan fingerprint density at radius 2 is 1.29 bits per heavy atom. The van der Waals surface area contributed by atoms with Crippen LogP contribution in [0, 0.1) is 10.8 Å². The number of allylic oxidation sites excluding steroid dienone is 11. The Bertz CT molecular complexity index is 813. The first-order chi connectivity index (χ1) is 9.87. The SMILES string of the molecule is CC12C3=CC(=O)C=C1C=C(O)C1=CC(=O)C=C(C=C3)C12C. The zero-order valence-electron chi connectivity index (χ0n) is 11.8. The Kier molecular flexibility index (Phi) is 2.01. The summed E-state index contributed by atoms with van der Waals surface area (Å²) in [5, 5.41) is 10.4. The maximum Gasteiger partial charge on any atom is 0.179 e. The van der Waals surface area contributed by atoms with E-state index in [-0.39, 0.29) is 17.3 Å². The maximum absolute atomic E-state index is 11.9. The van der Waals surface area contributed by atoms with E-state index < -0.39 is 10.8 Å². The predicted octanol–water partition coefficient (Wildman–Crippen LogP) is 2.90. The molecule has 0 aromatic rings. The van der Waals surface area contributed by atoms with Gasteiger partial charge in [-0.15, -0.1) is 0 Å². The second-order valence-electron chi connectivity index (χ2n) is 6.27. The van der Waals surface area contributed by atoms with Crippen LogP contribution in [0.2, 0.25) is 0 Å². The third-order valence-corrected chi connectivity index (χ3v) is 5.46. The summed E-state index contributed by atoms with van der Waals surface area (Å²) in [6.45, 7) is 4.10. The molecule has 0 spiro atoms. The highest BCUT2D eigenvalue weighted by atomic mass is 16.3. The molecular weight excluding hydrogens is 264 g/mol. The average molecular weight is 278 g/mol. The van der Waals surface area contributed by atoms with Gasteiger partial charge in [0.15, 0.2) is 11.6 Å². The minimum Gasteiger partial charge on any atom is -0.508 e. The van der Waals surface area contributed by atoms with E-state index >= 15 is 0 Å². The molecule has 4 aliphatic rings. The number of aliphatic hydroxyl groups excluding tert-OH is 1. The van der Waals surface area contributed by atoms with Crippen LogP contribution in [0.25, 0.3) is 0 Å². The summed E-state index contributed by atoms with van der Waals surface area (Å²) in [4.78, 5) is 23.8. The number of hydrogen-bond donors (Lipinski definition) is 1. The lowest BCUT2D eigenvalue weighted by molar-refractivity contribution is -0.112. The fourth-order valence-corrected chi connectivity index (χ4v) is 4.07. The molecular formula is C18H14O3. The van der Waals surface area contributed by atoms with E-state index in [2.05, 4.69) is 6.92 Å². The minimum atomic E-state index is -0.535. The molecule has 0 aromatic carbocycles. The van der Waals surface area contributed by atoms with Gasteiger partial charge in [0.25, 0.3) is 0 Å². The smallest absolute Gasteiger partial charge is 0.179 e. The van der Waals surface area contributed by atoms with Gasteiger partial charge in [0, 0.05) is 16.4 Å². The number of rotatable bonds is 0. The summed E-state index contributed by atoms with van der Waals surface area (Å²) in [5.41, 5.74) is 2.26. The lowest BCUT2D eigenvalue weighted by Gasteiger charge is -2.56. The number of aliphatic hydroxyl groups is 1. The molecule has 2 atom stereocenters. The molecule has 2 unspecified atom stereocenters. The van der Waals surface area contributed by atoms with Crippen molar-refractivity contribution >= 4 is 11.6 Å². The van der Waals surface area contributed by atoms with Crippen molar-refractivity contribution in [2.24, 2.45) is 10.8 Å². The monoisotopic (exact) mass is 278 g/mol. The summed E-state index contributed by atoms with van der Waals surface area (Å²) in [6, 6.07) is 0. The molecule has 0 radical (unpaired) electrons. The topological polar surface area (TPSA) is 54.4 Å². The first kappa shape index (κ1) is 12.3. The molecule has 0 aromatic heterocycles. The fraction of sp³-hybridized carbons (Fsp3) is 0.222. The molecule has 3 heteroatoms. The molecule has 0 saturated carbocycles. The van der Waals surface area contributed by atoms with Crippen molar-refractivity contribution in [2.75, 3.05) is 0 Å². The molecule has 0 aliphatic heterocycles. The summed E-state index contributed by atoms with van der Waals surface area (Å²) in [5.74, 6) is -0.108. The van der Waals surface area contributed by atoms with Crippen LogP contribution in [0.15, 0.2) is 70.6 Å². The first-order valence-electron chi connectivity index (χ1n) is 6.93. The predicted molar refractivity (Wildman–Crippen MR) is 78.4 cm³/mol. The van der Waals surface area contributed by atoms with Crippen molar-refractivity contribution in [1.82, 2.24) is 0 Å². The summed E-state index contributed by atoms with van der Waals surface area (Å²) >= 11 is 0. The Morgan fingerprint density at radius 3 is 1.95 bits per heavy atom. The van der Waals surface area contributed by atoms with E-state index in [1.165, 1.54) is 6.08 Å². The van der Waals surface area contributed by atoms with Gasteiger partial charge in [-0.2, -0.15) is 0 Å². The third kappa shape index (κ3) is 1.20.